The van der Waals surface area contributed by atoms with Crippen molar-refractivity contribution >= 4 is 23.2 Å². The van der Waals surface area contributed by atoms with E-state index >= 15 is 0 Å². The Kier molecular flexibility index (Phi) is 5.22. The van der Waals surface area contributed by atoms with E-state index in [1.165, 1.54) is 12.1 Å². The van der Waals surface area contributed by atoms with E-state index < -0.39 is 0 Å². The number of carbonyl (C=O) groups is 2. The first-order valence-corrected chi connectivity index (χ1v) is 9.95. The van der Waals surface area contributed by atoms with Gasteiger partial charge in [-0.3, -0.25) is 9.59 Å². The van der Waals surface area contributed by atoms with Crippen LogP contribution in [0.3, 0.4) is 0 Å². The number of hydrogen-bond acceptors (Lipinski definition) is 4. The van der Waals surface area contributed by atoms with Gasteiger partial charge >= 0.3 is 0 Å². The van der Waals surface area contributed by atoms with Gasteiger partial charge in [-0.05, 0) is 35.6 Å². The normalized spacial score (nSPS) is 24.0. The second-order valence-corrected chi connectivity index (χ2v) is 7.98. The van der Waals surface area contributed by atoms with Crippen molar-refractivity contribution in [2.45, 2.75) is 31.5 Å². The number of thiophene rings is 1. The molecule has 142 valence electrons. The first-order chi connectivity index (χ1) is 13.1. The van der Waals surface area contributed by atoms with Crippen LogP contribution in [0.5, 0.6) is 0 Å². The van der Waals surface area contributed by atoms with Gasteiger partial charge in [0, 0.05) is 18.0 Å². The molecule has 0 aliphatic carbocycles. The quantitative estimate of drug-likeness (QED) is 0.856. The van der Waals surface area contributed by atoms with E-state index in [2.05, 4.69) is 5.32 Å². The third kappa shape index (κ3) is 3.89. The van der Waals surface area contributed by atoms with Crippen LogP contribution in [0.25, 0.3) is 0 Å². The number of rotatable bonds is 5. The lowest BCUT2D eigenvalue weighted by Gasteiger charge is -2.22. The van der Waals surface area contributed by atoms with Gasteiger partial charge in [0.05, 0.1) is 31.0 Å². The maximum absolute atomic E-state index is 13.4. The number of nitrogens with one attached hydrogen (secondary N) is 1. The molecular formula is C20H21FN2O3S. The van der Waals surface area contributed by atoms with Gasteiger partial charge < -0.3 is 15.0 Å². The van der Waals surface area contributed by atoms with Crippen LogP contribution in [0.15, 0.2) is 41.8 Å². The summed E-state index contributed by atoms with van der Waals surface area (Å²) in [5.74, 6) is -0.889. The minimum absolute atomic E-state index is 0.0800. The number of hydrogen-bond donors (Lipinski definition) is 1. The van der Waals surface area contributed by atoms with E-state index in [0.29, 0.717) is 25.3 Å². The summed E-state index contributed by atoms with van der Waals surface area (Å²) in [6.45, 7) is 1.38. The van der Waals surface area contributed by atoms with Crippen LogP contribution in [0.1, 0.15) is 16.9 Å². The molecule has 3 atom stereocenters. The van der Waals surface area contributed by atoms with Crippen molar-refractivity contribution in [3.05, 3.63) is 58.0 Å². The van der Waals surface area contributed by atoms with Crippen LogP contribution >= 0.6 is 11.3 Å². The van der Waals surface area contributed by atoms with Gasteiger partial charge in [-0.15, -0.1) is 11.3 Å². The summed E-state index contributed by atoms with van der Waals surface area (Å²) in [6, 6.07) is 9.92. The molecule has 0 radical (unpaired) electrons. The average molecular weight is 388 g/mol. The molecule has 2 fully saturated rings. The molecule has 7 heteroatoms. The number of ether oxygens (including phenoxy) is 1. The van der Waals surface area contributed by atoms with Gasteiger partial charge in [-0.25, -0.2) is 4.39 Å². The Labute approximate surface area is 161 Å². The topological polar surface area (TPSA) is 58.6 Å². The Hall–Kier alpha value is -2.25. The highest BCUT2D eigenvalue weighted by atomic mass is 32.1. The molecule has 27 heavy (non-hydrogen) atoms. The fourth-order valence-electron chi connectivity index (χ4n) is 3.93. The highest BCUT2D eigenvalue weighted by Crippen LogP contribution is 2.34. The molecule has 1 N–H and O–H groups in total. The first kappa shape index (κ1) is 18.1. The number of benzene rings is 1. The van der Waals surface area contributed by atoms with Crippen LogP contribution < -0.4 is 5.32 Å². The van der Waals surface area contributed by atoms with Crippen molar-refractivity contribution in [3.8, 4) is 0 Å². The smallest absolute Gasteiger partial charge is 0.227 e. The van der Waals surface area contributed by atoms with Crippen molar-refractivity contribution in [1.29, 1.82) is 0 Å². The summed E-state index contributed by atoms with van der Waals surface area (Å²) in [5.41, 5.74) is 0.640. The molecule has 2 aromatic rings. The third-order valence-electron chi connectivity index (χ3n) is 5.21. The summed E-state index contributed by atoms with van der Waals surface area (Å²) in [4.78, 5) is 28.3. The lowest BCUT2D eigenvalue weighted by molar-refractivity contribution is -0.131. The standard InChI is InChI=1S/C20H21FN2O3S/c21-14-4-1-3-13(9-14)10-18(24)23-12-16(19-17(23)6-7-26-19)20(25)22-11-15-5-2-8-27-15/h1-5,8-9,16-17,19H,6-7,10-12H2,(H,22,25)/t16-,17-,19+/m1/s1. The molecule has 3 heterocycles. The predicted molar refractivity (Wildman–Crippen MR) is 99.6 cm³/mol. The number of fused-ring (bicyclic) bond motifs is 1. The Balaban J connectivity index is 1.42. The molecule has 2 amide bonds. The van der Waals surface area contributed by atoms with Gasteiger partial charge in [0.2, 0.25) is 11.8 Å². The second-order valence-electron chi connectivity index (χ2n) is 6.95. The zero-order chi connectivity index (χ0) is 18.8. The summed E-state index contributed by atoms with van der Waals surface area (Å²) in [6.07, 6.45) is 0.600. The summed E-state index contributed by atoms with van der Waals surface area (Å²) in [5, 5.41) is 4.93. The van der Waals surface area contributed by atoms with E-state index in [4.69, 9.17) is 4.74 Å². The zero-order valence-corrected chi connectivity index (χ0v) is 15.6. The number of nitrogens with zero attached hydrogens (tertiary/aromatic N) is 1. The van der Waals surface area contributed by atoms with Gasteiger partial charge in [0.25, 0.3) is 0 Å². The molecule has 2 saturated heterocycles. The van der Waals surface area contributed by atoms with Crippen LogP contribution in [0.2, 0.25) is 0 Å². The molecule has 0 bridgehead atoms. The Bertz CT molecular complexity index is 826. The van der Waals surface area contributed by atoms with E-state index in [0.717, 1.165) is 11.3 Å². The predicted octanol–water partition coefficient (Wildman–Crippen LogP) is 2.36. The lowest BCUT2D eigenvalue weighted by Crippen LogP contribution is -2.38. The Morgan fingerprint density at radius 3 is 2.96 bits per heavy atom. The summed E-state index contributed by atoms with van der Waals surface area (Å²) >= 11 is 1.59. The molecule has 1 aromatic carbocycles. The van der Waals surface area contributed by atoms with E-state index in [9.17, 15) is 14.0 Å². The van der Waals surface area contributed by atoms with Crippen LogP contribution in [-0.4, -0.2) is 42.0 Å². The van der Waals surface area contributed by atoms with E-state index in [-0.39, 0.29) is 42.1 Å². The van der Waals surface area contributed by atoms with Crippen molar-refractivity contribution in [2.75, 3.05) is 13.2 Å². The Morgan fingerprint density at radius 2 is 2.19 bits per heavy atom. The van der Waals surface area contributed by atoms with Crippen molar-refractivity contribution in [3.63, 3.8) is 0 Å². The molecule has 0 unspecified atom stereocenters. The van der Waals surface area contributed by atoms with Gasteiger partial charge in [-0.1, -0.05) is 18.2 Å². The number of carbonyl (C=O) groups excluding carboxylic acids is 2. The fraction of sp³-hybridized carbons (Fsp3) is 0.400. The average Bonchev–Trinajstić information content (AvgIpc) is 3.37. The monoisotopic (exact) mass is 388 g/mol. The zero-order valence-electron chi connectivity index (χ0n) is 14.8. The molecule has 0 spiro atoms. The highest BCUT2D eigenvalue weighted by Gasteiger charge is 2.50. The van der Waals surface area contributed by atoms with E-state index in [1.807, 2.05) is 17.5 Å². The molecule has 2 aliphatic rings. The number of likely N-dealkylation sites (tertiary alicyclic amines) is 1. The summed E-state index contributed by atoms with van der Waals surface area (Å²) < 4.78 is 19.2. The second kappa shape index (κ2) is 7.78. The molecular weight excluding hydrogens is 367 g/mol. The van der Waals surface area contributed by atoms with Crippen molar-refractivity contribution in [1.82, 2.24) is 10.2 Å². The first-order valence-electron chi connectivity index (χ1n) is 9.07. The van der Waals surface area contributed by atoms with Crippen molar-refractivity contribution < 1.29 is 18.7 Å². The SMILES string of the molecule is O=C(NCc1cccs1)[C@@H]1CN(C(=O)Cc2cccc(F)c2)[C@@H]2CCO[C@H]21. The molecule has 0 saturated carbocycles. The summed E-state index contributed by atoms with van der Waals surface area (Å²) in [7, 11) is 0. The van der Waals surface area contributed by atoms with Crippen LogP contribution in [0.4, 0.5) is 4.39 Å². The molecule has 2 aliphatic heterocycles. The van der Waals surface area contributed by atoms with Gasteiger partial charge in [0.1, 0.15) is 5.82 Å². The number of halogens is 1. The minimum Gasteiger partial charge on any atom is -0.375 e. The third-order valence-corrected chi connectivity index (χ3v) is 6.09. The Morgan fingerprint density at radius 1 is 1.30 bits per heavy atom. The minimum atomic E-state index is -0.367. The fourth-order valence-corrected chi connectivity index (χ4v) is 4.57. The molecule has 5 nitrogen and oxygen atoms in total. The van der Waals surface area contributed by atoms with Crippen molar-refractivity contribution in [2.24, 2.45) is 5.92 Å². The van der Waals surface area contributed by atoms with Crippen LogP contribution in [-0.2, 0) is 27.3 Å². The van der Waals surface area contributed by atoms with Gasteiger partial charge in [-0.2, -0.15) is 0 Å². The number of amides is 2. The lowest BCUT2D eigenvalue weighted by atomic mass is 10.0. The highest BCUT2D eigenvalue weighted by molar-refractivity contribution is 7.09. The maximum atomic E-state index is 13.4. The van der Waals surface area contributed by atoms with E-state index in [1.54, 1.807) is 28.4 Å². The van der Waals surface area contributed by atoms with Gasteiger partial charge in [0.15, 0.2) is 0 Å². The molecule has 4 rings (SSSR count). The largest absolute Gasteiger partial charge is 0.375 e. The molecule has 1 aromatic heterocycles. The maximum Gasteiger partial charge on any atom is 0.227 e. The van der Waals surface area contributed by atoms with Crippen LogP contribution in [0, 0.1) is 11.7 Å².